The molecule has 0 aliphatic carbocycles. The molecular weight excluding hydrogens is 325 g/mol. The van der Waals surface area contributed by atoms with Crippen molar-refractivity contribution in [2.45, 2.75) is 83.5 Å². The molecule has 0 aromatic rings. The summed E-state index contributed by atoms with van der Waals surface area (Å²) in [6.07, 6.45) is 0. The maximum atomic E-state index is 3.12. The molecule has 0 aliphatic rings. The fourth-order valence-electron chi connectivity index (χ4n) is 4.49. The molecule has 0 saturated carbocycles. The quantitative estimate of drug-likeness (QED) is 0.405. The second-order valence-corrected chi connectivity index (χ2v) is 35.4. The number of hydrogen-bond acceptors (Lipinski definition) is 1. The van der Waals surface area contributed by atoms with Crippen molar-refractivity contribution in [3.63, 3.8) is 0 Å². The molecule has 0 heterocycles. The Labute approximate surface area is 134 Å². The molecular formula is C14H40NPSi4. The van der Waals surface area contributed by atoms with Gasteiger partial charge in [0.2, 0.25) is 0 Å². The van der Waals surface area contributed by atoms with Gasteiger partial charge in [0.05, 0.1) is 16.1 Å². The van der Waals surface area contributed by atoms with E-state index in [1.165, 1.54) is 0 Å². The summed E-state index contributed by atoms with van der Waals surface area (Å²) in [4.78, 5) is 1.04. The van der Waals surface area contributed by atoms with Gasteiger partial charge in [0, 0.05) is 0 Å². The highest BCUT2D eigenvalue weighted by molar-refractivity contribution is 7.66. The van der Waals surface area contributed by atoms with Crippen molar-refractivity contribution in [1.29, 1.82) is 0 Å². The SMILES string of the molecule is CP(C([Si](C)(C)C)[Si](C)(C)C)N([Si](C)(C)C)[Si](C)(C)C. The molecule has 20 heavy (non-hydrogen) atoms. The van der Waals surface area contributed by atoms with Gasteiger partial charge in [0.1, 0.15) is 16.5 Å². The normalized spacial score (nSPS) is 16.9. The van der Waals surface area contributed by atoms with Crippen molar-refractivity contribution in [1.82, 2.24) is 4.00 Å². The molecule has 0 rings (SSSR count). The van der Waals surface area contributed by atoms with Crippen molar-refractivity contribution >= 4 is 40.7 Å². The highest BCUT2D eigenvalue weighted by Gasteiger charge is 2.48. The van der Waals surface area contributed by atoms with Crippen LogP contribution >= 0.6 is 8.07 Å². The number of nitrogens with zero attached hydrogens (tertiary/aromatic N) is 1. The van der Waals surface area contributed by atoms with Gasteiger partial charge < -0.3 is 4.00 Å². The molecule has 1 nitrogen and oxygen atoms in total. The van der Waals surface area contributed by atoms with E-state index in [-0.39, 0.29) is 8.07 Å². The average Bonchev–Trinajstić information content (AvgIpc) is 1.88. The molecule has 0 aromatic heterocycles. The Hall–Kier alpha value is 1.26. The van der Waals surface area contributed by atoms with Gasteiger partial charge in [-0.25, -0.2) is 0 Å². The molecule has 1 atom stereocenters. The molecule has 0 fully saturated rings. The number of rotatable bonds is 6. The summed E-state index contributed by atoms with van der Waals surface area (Å²) < 4.78 is 3.12. The zero-order valence-corrected chi connectivity index (χ0v) is 21.4. The topological polar surface area (TPSA) is 3.24 Å². The lowest BCUT2D eigenvalue weighted by Crippen LogP contribution is -2.62. The lowest BCUT2D eigenvalue weighted by molar-refractivity contribution is 0.965. The third-order valence-corrected chi connectivity index (χ3v) is 32.4. The van der Waals surface area contributed by atoms with Crippen LogP contribution in [-0.4, -0.2) is 48.2 Å². The first-order chi connectivity index (χ1) is 8.40. The fourth-order valence-corrected chi connectivity index (χ4v) is 42.5. The minimum Gasteiger partial charge on any atom is -0.325 e. The Bertz CT molecular complexity index is 260. The van der Waals surface area contributed by atoms with Crippen LogP contribution in [0.3, 0.4) is 0 Å². The maximum Gasteiger partial charge on any atom is 0.115 e. The first-order valence-electron chi connectivity index (χ1n) is 7.93. The molecule has 0 saturated heterocycles. The Morgan fingerprint density at radius 1 is 0.600 bits per heavy atom. The van der Waals surface area contributed by atoms with Gasteiger partial charge in [-0.15, -0.1) is 0 Å². The van der Waals surface area contributed by atoms with E-state index in [2.05, 4.69) is 89.2 Å². The highest BCUT2D eigenvalue weighted by Crippen LogP contribution is 2.54. The molecule has 122 valence electrons. The Morgan fingerprint density at radius 3 is 1.00 bits per heavy atom. The number of hydrogen-bond donors (Lipinski definition) is 0. The molecule has 6 heteroatoms. The van der Waals surface area contributed by atoms with Gasteiger partial charge in [-0.1, -0.05) is 86.6 Å². The van der Waals surface area contributed by atoms with E-state index in [1.807, 2.05) is 0 Å². The second-order valence-electron chi connectivity index (χ2n) is 10.4. The van der Waals surface area contributed by atoms with E-state index >= 15 is 0 Å². The maximum absolute atomic E-state index is 3.12. The van der Waals surface area contributed by atoms with Crippen LogP contribution in [0.2, 0.25) is 78.6 Å². The van der Waals surface area contributed by atoms with E-state index in [0.29, 0.717) is 0 Å². The molecule has 0 N–H and O–H groups in total. The first-order valence-corrected chi connectivity index (χ1v) is 23.8. The summed E-state index contributed by atoms with van der Waals surface area (Å²) in [7, 11) is -4.68. The van der Waals surface area contributed by atoms with Crippen LogP contribution in [0.5, 0.6) is 0 Å². The monoisotopic (exact) mass is 365 g/mol. The van der Waals surface area contributed by atoms with Crippen LogP contribution in [0.1, 0.15) is 0 Å². The predicted molar refractivity (Wildman–Crippen MR) is 112 cm³/mol. The lowest BCUT2D eigenvalue weighted by Gasteiger charge is -2.55. The van der Waals surface area contributed by atoms with Crippen LogP contribution in [-0.2, 0) is 0 Å². The fraction of sp³-hybridized carbons (Fsp3) is 1.00. The highest BCUT2D eigenvalue weighted by atomic mass is 31.1. The van der Waals surface area contributed by atoms with Crippen LogP contribution in [0, 0.1) is 0 Å². The molecule has 0 aliphatic heterocycles. The largest absolute Gasteiger partial charge is 0.325 e. The van der Waals surface area contributed by atoms with Gasteiger partial charge in [0.15, 0.2) is 0 Å². The predicted octanol–water partition coefficient (Wildman–Crippen LogP) is 6.11. The van der Waals surface area contributed by atoms with E-state index in [4.69, 9.17) is 0 Å². The molecule has 0 radical (unpaired) electrons. The Kier molecular flexibility index (Phi) is 6.80. The summed E-state index contributed by atoms with van der Waals surface area (Å²) in [5.74, 6) is 0. The van der Waals surface area contributed by atoms with E-state index < -0.39 is 32.6 Å². The zero-order chi connectivity index (χ0) is 16.7. The molecule has 1 unspecified atom stereocenters. The molecule has 0 aromatic carbocycles. The van der Waals surface area contributed by atoms with Gasteiger partial charge in [-0.3, -0.25) is 0 Å². The second kappa shape index (κ2) is 6.40. The lowest BCUT2D eigenvalue weighted by atomic mass is 11.7. The minimum atomic E-state index is -1.24. The minimum absolute atomic E-state index is 0.0206. The van der Waals surface area contributed by atoms with Crippen LogP contribution in [0.4, 0.5) is 0 Å². The van der Waals surface area contributed by atoms with Crippen molar-refractivity contribution < 1.29 is 0 Å². The zero-order valence-electron chi connectivity index (χ0n) is 16.5. The molecule has 0 amide bonds. The summed E-state index contributed by atoms with van der Waals surface area (Å²) >= 11 is 0. The van der Waals surface area contributed by atoms with E-state index in [1.54, 1.807) is 0 Å². The van der Waals surface area contributed by atoms with Gasteiger partial charge >= 0.3 is 0 Å². The van der Waals surface area contributed by atoms with Crippen LogP contribution in [0.15, 0.2) is 0 Å². The summed E-state index contributed by atoms with van der Waals surface area (Å²) in [6, 6.07) is 0. The van der Waals surface area contributed by atoms with Crippen molar-refractivity contribution in [2.24, 2.45) is 0 Å². The van der Waals surface area contributed by atoms with E-state index in [9.17, 15) is 0 Å². The van der Waals surface area contributed by atoms with E-state index in [0.717, 1.165) is 4.91 Å². The van der Waals surface area contributed by atoms with Crippen molar-refractivity contribution in [3.8, 4) is 0 Å². The smallest absolute Gasteiger partial charge is 0.115 e. The van der Waals surface area contributed by atoms with Crippen molar-refractivity contribution in [3.05, 3.63) is 0 Å². The molecule has 0 spiro atoms. The van der Waals surface area contributed by atoms with Crippen LogP contribution < -0.4 is 0 Å². The average molecular weight is 366 g/mol. The van der Waals surface area contributed by atoms with Crippen LogP contribution in [0.25, 0.3) is 0 Å². The van der Waals surface area contributed by atoms with Gasteiger partial charge in [0.25, 0.3) is 0 Å². The third kappa shape index (κ3) is 5.80. The van der Waals surface area contributed by atoms with Crippen molar-refractivity contribution in [2.75, 3.05) is 6.66 Å². The Morgan fingerprint density at radius 2 is 0.850 bits per heavy atom. The first kappa shape index (κ1) is 21.3. The summed E-state index contributed by atoms with van der Waals surface area (Å²) in [6.45, 7) is 33.7. The van der Waals surface area contributed by atoms with Gasteiger partial charge in [-0.05, 0) is 11.6 Å². The van der Waals surface area contributed by atoms with Gasteiger partial charge in [-0.2, -0.15) is 0 Å². The molecule has 0 bridgehead atoms. The summed E-state index contributed by atoms with van der Waals surface area (Å²) in [5, 5.41) is 0. The Balaban J connectivity index is 5.81. The third-order valence-electron chi connectivity index (χ3n) is 3.60. The standard InChI is InChI=1S/C14H40NPSi4/c1-16(14(17(2,3)4)18(5,6)7)15(19(8,9)10)20(11,12)13/h14H,1-13H3. The summed E-state index contributed by atoms with van der Waals surface area (Å²) in [5.41, 5.74) is 0.